The molecule has 3 N–H and O–H groups in total. The third kappa shape index (κ3) is 7.26. The second-order valence-corrected chi connectivity index (χ2v) is 10.7. The Morgan fingerprint density at radius 3 is 2.50 bits per heavy atom. The van der Waals surface area contributed by atoms with Gasteiger partial charge in [-0.25, -0.2) is 4.98 Å². The van der Waals surface area contributed by atoms with Gasteiger partial charge in [0.25, 0.3) is 0 Å². The first-order valence-electron chi connectivity index (χ1n) is 13.4. The van der Waals surface area contributed by atoms with Crippen molar-refractivity contribution < 1.29 is 9.47 Å². The van der Waals surface area contributed by atoms with E-state index >= 15 is 0 Å². The fourth-order valence-electron chi connectivity index (χ4n) is 5.37. The molecule has 1 aliphatic carbocycles. The van der Waals surface area contributed by atoms with E-state index in [1.54, 1.807) is 13.3 Å². The van der Waals surface area contributed by atoms with Crippen molar-refractivity contribution in [1.82, 2.24) is 10.3 Å². The van der Waals surface area contributed by atoms with Crippen LogP contribution in [0.4, 0.5) is 11.5 Å². The fourth-order valence-corrected chi connectivity index (χ4v) is 5.85. The minimum Gasteiger partial charge on any atom is -0.385 e. The summed E-state index contributed by atoms with van der Waals surface area (Å²) in [7, 11) is 1.74. The maximum absolute atomic E-state index is 6.79. The lowest BCUT2D eigenvalue weighted by Gasteiger charge is -2.30. The Hall–Kier alpha value is -1.57. The van der Waals surface area contributed by atoms with E-state index in [0.29, 0.717) is 28.0 Å². The molecule has 0 radical (unpaired) electrons. The summed E-state index contributed by atoms with van der Waals surface area (Å²) in [5.41, 5.74) is 4.25. The first-order valence-corrected chi connectivity index (χ1v) is 14.1. The highest BCUT2D eigenvalue weighted by molar-refractivity contribution is 6.36. The number of nitrogens with one attached hydrogen (secondary N) is 3. The lowest BCUT2D eigenvalue weighted by Crippen LogP contribution is -2.38. The number of ether oxygens (including phenoxy) is 2. The SMILES string of the molecule is CCc1c(NCC2CCOCC2)ccc(Cl)c1-c1cc(NC2CCC(NCCOC)CC2)ncc1Cl. The molecular weight excluding hydrogens is 495 g/mol. The van der Waals surface area contributed by atoms with Crippen molar-refractivity contribution in [3.8, 4) is 11.1 Å². The van der Waals surface area contributed by atoms with Crippen molar-refractivity contribution in [2.45, 2.75) is 64.0 Å². The number of pyridine rings is 1. The van der Waals surface area contributed by atoms with Gasteiger partial charge in [0.2, 0.25) is 0 Å². The van der Waals surface area contributed by atoms with E-state index < -0.39 is 0 Å². The van der Waals surface area contributed by atoms with Crippen LogP contribution in [0.5, 0.6) is 0 Å². The predicted molar refractivity (Wildman–Crippen MR) is 151 cm³/mol. The number of hydrogen-bond donors (Lipinski definition) is 3. The Balaban J connectivity index is 1.47. The number of anilines is 2. The summed E-state index contributed by atoms with van der Waals surface area (Å²) in [5.74, 6) is 1.48. The van der Waals surface area contributed by atoms with Crippen LogP contribution < -0.4 is 16.0 Å². The molecule has 2 fully saturated rings. The van der Waals surface area contributed by atoms with Gasteiger partial charge in [-0.3, -0.25) is 0 Å². The summed E-state index contributed by atoms with van der Waals surface area (Å²) in [6.45, 7) is 6.48. The highest BCUT2D eigenvalue weighted by Crippen LogP contribution is 2.40. The molecule has 4 rings (SSSR count). The molecule has 2 aromatic rings. The van der Waals surface area contributed by atoms with Gasteiger partial charge in [0.1, 0.15) is 5.82 Å². The number of hydrogen-bond acceptors (Lipinski definition) is 6. The van der Waals surface area contributed by atoms with Gasteiger partial charge < -0.3 is 25.4 Å². The maximum atomic E-state index is 6.79. The molecule has 6 nitrogen and oxygen atoms in total. The molecule has 36 heavy (non-hydrogen) atoms. The molecule has 0 bridgehead atoms. The van der Waals surface area contributed by atoms with Crippen LogP contribution in [0.1, 0.15) is 51.0 Å². The third-order valence-electron chi connectivity index (χ3n) is 7.48. The fraction of sp³-hybridized carbons (Fsp3) is 0.607. The average molecular weight is 536 g/mol. The third-order valence-corrected chi connectivity index (χ3v) is 8.10. The molecule has 0 atom stereocenters. The van der Waals surface area contributed by atoms with Gasteiger partial charge in [0, 0.05) is 73.5 Å². The van der Waals surface area contributed by atoms with E-state index in [-0.39, 0.29) is 0 Å². The molecule has 1 aliphatic heterocycles. The standard InChI is InChI=1S/C28H40Cl2N4O2/c1-3-22-26(32-17-19-10-13-36-14-11-19)9-8-24(29)28(22)23-16-27(33-18-25(23)30)34-21-6-4-20(5-7-21)31-12-15-35-2/h8-9,16,18-21,31-32H,3-7,10-15,17H2,1-2H3,(H,33,34). The zero-order valence-corrected chi connectivity index (χ0v) is 23.1. The minimum atomic E-state index is 0.403. The number of halogens is 2. The van der Waals surface area contributed by atoms with Crippen molar-refractivity contribution in [3.63, 3.8) is 0 Å². The van der Waals surface area contributed by atoms with Gasteiger partial charge in [-0.15, -0.1) is 0 Å². The molecule has 0 unspecified atom stereocenters. The Kier molecular flexibility index (Phi) is 10.5. The topological polar surface area (TPSA) is 67.4 Å². The van der Waals surface area contributed by atoms with E-state index in [2.05, 4.69) is 40.0 Å². The minimum absolute atomic E-state index is 0.403. The Bertz CT molecular complexity index is 976. The van der Waals surface area contributed by atoms with Gasteiger partial charge in [0.05, 0.1) is 11.6 Å². The summed E-state index contributed by atoms with van der Waals surface area (Å²) in [6.07, 6.45) is 9.32. The van der Waals surface area contributed by atoms with E-state index in [1.165, 1.54) is 5.56 Å². The van der Waals surface area contributed by atoms with Crippen LogP contribution in [0, 0.1) is 5.92 Å². The van der Waals surface area contributed by atoms with Gasteiger partial charge in [-0.2, -0.15) is 0 Å². The lowest BCUT2D eigenvalue weighted by atomic mass is 9.91. The number of nitrogens with zero attached hydrogens (tertiary/aromatic N) is 1. The first kappa shape index (κ1) is 27.5. The molecular formula is C28H40Cl2N4O2. The van der Waals surface area contributed by atoms with Crippen LogP contribution in [0.25, 0.3) is 11.1 Å². The van der Waals surface area contributed by atoms with Crippen LogP contribution in [0.15, 0.2) is 24.4 Å². The summed E-state index contributed by atoms with van der Waals surface area (Å²) in [5, 5.41) is 12.3. The maximum Gasteiger partial charge on any atom is 0.126 e. The van der Waals surface area contributed by atoms with Gasteiger partial charge >= 0.3 is 0 Å². The summed E-state index contributed by atoms with van der Waals surface area (Å²) < 4.78 is 10.7. The molecule has 8 heteroatoms. The number of benzene rings is 1. The zero-order valence-electron chi connectivity index (χ0n) is 21.5. The number of rotatable bonds is 11. The van der Waals surface area contributed by atoms with Crippen LogP contribution in [0.2, 0.25) is 10.0 Å². The molecule has 1 aromatic carbocycles. The van der Waals surface area contributed by atoms with Crippen molar-refractivity contribution in [2.75, 3.05) is 50.7 Å². The van der Waals surface area contributed by atoms with Gasteiger partial charge in [0.15, 0.2) is 0 Å². The Morgan fingerprint density at radius 1 is 1.03 bits per heavy atom. The van der Waals surface area contributed by atoms with E-state index in [9.17, 15) is 0 Å². The Labute approximate surface area is 225 Å². The molecule has 198 valence electrons. The normalized spacial score (nSPS) is 20.9. The van der Waals surface area contributed by atoms with Crippen molar-refractivity contribution in [2.24, 2.45) is 5.92 Å². The molecule has 1 saturated carbocycles. The molecule has 0 amide bonds. The molecule has 2 aliphatic rings. The highest BCUT2D eigenvalue weighted by Gasteiger charge is 2.22. The second kappa shape index (κ2) is 13.8. The summed E-state index contributed by atoms with van der Waals surface area (Å²) in [6, 6.07) is 7.10. The quantitative estimate of drug-likeness (QED) is 0.289. The molecule has 2 heterocycles. The highest BCUT2D eigenvalue weighted by atomic mass is 35.5. The first-order chi connectivity index (χ1) is 17.6. The van der Waals surface area contributed by atoms with Gasteiger partial charge in [-0.1, -0.05) is 30.1 Å². The zero-order chi connectivity index (χ0) is 25.3. The van der Waals surface area contributed by atoms with Crippen LogP contribution in [-0.4, -0.2) is 57.1 Å². The van der Waals surface area contributed by atoms with Crippen LogP contribution >= 0.6 is 23.2 Å². The van der Waals surface area contributed by atoms with Gasteiger partial charge in [-0.05, 0) is 74.6 Å². The van der Waals surface area contributed by atoms with E-state index in [4.69, 9.17) is 32.7 Å². The van der Waals surface area contributed by atoms with E-state index in [1.807, 2.05) is 6.07 Å². The Morgan fingerprint density at radius 2 is 1.78 bits per heavy atom. The van der Waals surface area contributed by atoms with Crippen LogP contribution in [0.3, 0.4) is 0 Å². The van der Waals surface area contributed by atoms with Crippen molar-refractivity contribution in [1.29, 1.82) is 0 Å². The molecule has 1 saturated heterocycles. The van der Waals surface area contributed by atoms with Crippen LogP contribution in [-0.2, 0) is 15.9 Å². The number of methoxy groups -OCH3 is 1. The van der Waals surface area contributed by atoms with E-state index in [0.717, 1.165) is 100 Å². The smallest absolute Gasteiger partial charge is 0.126 e. The largest absolute Gasteiger partial charge is 0.385 e. The predicted octanol–water partition coefficient (Wildman–Crippen LogP) is 6.42. The summed E-state index contributed by atoms with van der Waals surface area (Å²) >= 11 is 13.5. The lowest BCUT2D eigenvalue weighted by molar-refractivity contribution is 0.0699. The average Bonchev–Trinajstić information content (AvgIpc) is 2.90. The molecule has 0 spiro atoms. The van der Waals surface area contributed by atoms with Crippen molar-refractivity contribution in [3.05, 3.63) is 40.0 Å². The summed E-state index contributed by atoms with van der Waals surface area (Å²) in [4.78, 5) is 4.60. The number of aromatic nitrogens is 1. The molecule has 1 aromatic heterocycles. The monoisotopic (exact) mass is 534 g/mol. The second-order valence-electron chi connectivity index (χ2n) is 9.93. The van der Waals surface area contributed by atoms with Crippen molar-refractivity contribution >= 4 is 34.7 Å².